The smallest absolute Gasteiger partial charge is 0.306 e. The highest BCUT2D eigenvalue weighted by Crippen LogP contribution is 2.38. The summed E-state index contributed by atoms with van der Waals surface area (Å²) >= 11 is 0. The number of ether oxygens (including phenoxy) is 2. The molecular weight excluding hydrogens is 1210 g/mol. The van der Waals surface area contributed by atoms with E-state index in [1.54, 1.807) is 0 Å². The van der Waals surface area contributed by atoms with Gasteiger partial charge in [0, 0.05) is 12.8 Å². The van der Waals surface area contributed by atoms with Crippen LogP contribution in [0.5, 0.6) is 0 Å². The average molecular weight is 1370 g/mol. The standard InChI is InChI=1S/C86H160NO8P/c1-6-8-10-12-14-16-18-20-22-24-26-28-30-32-34-36-38-40-41-42-43-44-45-47-48-50-52-54-56-58-60-62-64-66-68-70-72-74-76-78-85(88)92-82-84(83-94-96(90,91)93-81-80-87(3,4)5)95-86(89)79-77-75-73-71-69-67-65-63-61-59-57-55-53-51-49-46-39-37-35-33-31-29-27-25-23-21-19-17-15-13-11-9-7-2/h9,11,15,17,21,23,27,29,33,35,39,46,84H,6-8,10,12-14,16,18-20,22,24-26,28,30-32,34,36-38,40-45,47-83H2,1-5H3/b11-9-,17-15-,23-21-,29-27-,35-33-,46-39-. The van der Waals surface area contributed by atoms with E-state index in [9.17, 15) is 19.0 Å². The molecular formula is C86H160NO8P. The topological polar surface area (TPSA) is 111 Å². The Kier molecular flexibility index (Phi) is 74.6. The molecule has 2 unspecified atom stereocenters. The van der Waals surface area contributed by atoms with Crippen molar-refractivity contribution >= 4 is 19.8 Å². The van der Waals surface area contributed by atoms with Crippen molar-refractivity contribution in [3.05, 3.63) is 72.9 Å². The molecule has 0 aromatic carbocycles. The summed E-state index contributed by atoms with van der Waals surface area (Å²) in [5.74, 6) is -0.815. The number of likely N-dealkylation sites (N-methyl/N-ethyl adjacent to an activating group) is 1. The van der Waals surface area contributed by atoms with Crippen LogP contribution in [0.4, 0.5) is 0 Å². The van der Waals surface area contributed by atoms with Crippen molar-refractivity contribution in [2.75, 3.05) is 47.5 Å². The molecule has 0 aromatic heterocycles. The first kappa shape index (κ1) is 93.5. The Morgan fingerprint density at radius 3 is 0.885 bits per heavy atom. The molecule has 562 valence electrons. The van der Waals surface area contributed by atoms with Gasteiger partial charge in [-0.2, -0.15) is 0 Å². The maximum Gasteiger partial charge on any atom is 0.306 e. The molecule has 0 heterocycles. The summed E-state index contributed by atoms with van der Waals surface area (Å²) in [5, 5.41) is 0. The first-order valence-corrected chi connectivity index (χ1v) is 43.1. The van der Waals surface area contributed by atoms with Crippen LogP contribution in [0.15, 0.2) is 72.9 Å². The van der Waals surface area contributed by atoms with Crippen molar-refractivity contribution in [3.8, 4) is 0 Å². The minimum atomic E-state index is -4.65. The van der Waals surface area contributed by atoms with Gasteiger partial charge in [-0.1, -0.05) is 408 Å². The molecule has 96 heavy (non-hydrogen) atoms. The summed E-state index contributed by atoms with van der Waals surface area (Å²) < 4.78 is 34.4. The van der Waals surface area contributed by atoms with Crippen LogP contribution in [0.3, 0.4) is 0 Å². The lowest BCUT2D eigenvalue weighted by Gasteiger charge is -2.28. The van der Waals surface area contributed by atoms with Gasteiger partial charge in [0.15, 0.2) is 6.10 Å². The van der Waals surface area contributed by atoms with Gasteiger partial charge in [-0.25, -0.2) is 0 Å². The zero-order valence-corrected chi connectivity index (χ0v) is 65.2. The lowest BCUT2D eigenvalue weighted by Crippen LogP contribution is -2.37. The summed E-state index contributed by atoms with van der Waals surface area (Å²) in [6.45, 7) is 4.19. The second-order valence-corrected chi connectivity index (χ2v) is 30.9. The molecule has 0 rings (SSSR count). The Morgan fingerprint density at radius 2 is 0.594 bits per heavy atom. The minimum absolute atomic E-state index is 0.0305. The van der Waals surface area contributed by atoms with E-state index in [-0.39, 0.29) is 32.0 Å². The highest BCUT2D eigenvalue weighted by Gasteiger charge is 2.22. The van der Waals surface area contributed by atoms with Crippen LogP contribution in [-0.2, 0) is 32.7 Å². The van der Waals surface area contributed by atoms with Gasteiger partial charge in [0.2, 0.25) is 0 Å². The number of hydrogen-bond donors (Lipinski definition) is 0. The Bertz CT molecular complexity index is 1850. The number of rotatable bonds is 78. The van der Waals surface area contributed by atoms with Crippen molar-refractivity contribution in [3.63, 3.8) is 0 Å². The summed E-state index contributed by atoms with van der Waals surface area (Å²) in [4.78, 5) is 38.2. The molecule has 0 saturated carbocycles. The number of quaternary nitrogens is 1. The van der Waals surface area contributed by atoms with Gasteiger partial charge in [-0.15, -0.1) is 0 Å². The number of phosphoric ester groups is 1. The van der Waals surface area contributed by atoms with Crippen molar-refractivity contribution in [2.24, 2.45) is 0 Å². The molecule has 2 atom stereocenters. The normalized spacial score (nSPS) is 13.4. The second kappa shape index (κ2) is 76.6. The Hall–Kier alpha value is -2.55. The molecule has 9 nitrogen and oxygen atoms in total. The van der Waals surface area contributed by atoms with Gasteiger partial charge in [0.1, 0.15) is 19.8 Å². The summed E-state index contributed by atoms with van der Waals surface area (Å²) in [7, 11) is 1.18. The number of unbranched alkanes of at least 4 members (excludes halogenated alkanes) is 52. The van der Waals surface area contributed by atoms with E-state index in [1.807, 2.05) is 21.1 Å². The van der Waals surface area contributed by atoms with Gasteiger partial charge in [-0.05, 0) is 64.2 Å². The zero-order chi connectivity index (χ0) is 69.7. The van der Waals surface area contributed by atoms with E-state index in [2.05, 4.69) is 86.8 Å². The lowest BCUT2D eigenvalue weighted by molar-refractivity contribution is -0.870. The van der Waals surface area contributed by atoms with E-state index < -0.39 is 26.5 Å². The van der Waals surface area contributed by atoms with Crippen molar-refractivity contribution in [1.82, 2.24) is 0 Å². The number of esters is 2. The van der Waals surface area contributed by atoms with Gasteiger partial charge in [0.05, 0.1) is 27.7 Å². The van der Waals surface area contributed by atoms with E-state index in [0.29, 0.717) is 17.4 Å². The Balaban J connectivity index is 3.90. The monoisotopic (exact) mass is 1370 g/mol. The SMILES string of the molecule is CC/C=C\C/C=C\C/C=C\C/C=C\C/C=C\C/C=C\CCCCCCCCCCCCCCCCC(=O)OC(COC(=O)CCCCCCCCCCCCCCCCCCCCCCCCCCCCCCCCCCCCCCCCC)COP(=O)([O-])OCC[N+](C)(C)C. The highest BCUT2D eigenvalue weighted by molar-refractivity contribution is 7.45. The molecule has 0 spiro atoms. The number of hydrogen-bond acceptors (Lipinski definition) is 8. The van der Waals surface area contributed by atoms with E-state index in [4.69, 9.17) is 18.5 Å². The molecule has 0 amide bonds. The van der Waals surface area contributed by atoms with Gasteiger partial charge >= 0.3 is 11.9 Å². The first-order chi connectivity index (χ1) is 47.0. The second-order valence-electron chi connectivity index (χ2n) is 29.5. The molecule has 0 aliphatic rings. The van der Waals surface area contributed by atoms with Gasteiger partial charge in [-0.3, -0.25) is 14.2 Å². The number of carbonyl (C=O) groups is 2. The summed E-state index contributed by atoms with van der Waals surface area (Å²) in [6, 6.07) is 0. The number of nitrogens with zero attached hydrogens (tertiary/aromatic N) is 1. The van der Waals surface area contributed by atoms with Gasteiger partial charge < -0.3 is 27.9 Å². The molecule has 10 heteroatoms. The van der Waals surface area contributed by atoms with Crippen molar-refractivity contribution in [1.29, 1.82) is 0 Å². The quantitative estimate of drug-likeness (QED) is 0.0195. The maximum absolute atomic E-state index is 12.9. The number of phosphoric acid groups is 1. The van der Waals surface area contributed by atoms with Crippen LogP contribution in [0.2, 0.25) is 0 Å². The van der Waals surface area contributed by atoms with Crippen LogP contribution in [0.25, 0.3) is 0 Å². The molecule has 0 saturated heterocycles. The van der Waals surface area contributed by atoms with Crippen LogP contribution < -0.4 is 4.89 Å². The van der Waals surface area contributed by atoms with E-state index in [0.717, 1.165) is 77.0 Å². The number of carbonyl (C=O) groups excluding carboxylic acids is 2. The first-order valence-electron chi connectivity index (χ1n) is 41.6. The molecule has 0 bridgehead atoms. The van der Waals surface area contributed by atoms with Gasteiger partial charge in [0.25, 0.3) is 7.82 Å². The zero-order valence-electron chi connectivity index (χ0n) is 64.3. The Labute approximate surface area is 597 Å². The Morgan fingerprint density at radius 1 is 0.333 bits per heavy atom. The predicted molar refractivity (Wildman–Crippen MR) is 416 cm³/mol. The van der Waals surface area contributed by atoms with E-state index in [1.165, 1.54) is 302 Å². The third kappa shape index (κ3) is 80.4. The van der Waals surface area contributed by atoms with Crippen LogP contribution in [-0.4, -0.2) is 70.0 Å². The summed E-state index contributed by atoms with van der Waals surface area (Å²) in [5.41, 5.74) is 0. The third-order valence-electron chi connectivity index (χ3n) is 18.7. The maximum atomic E-state index is 12.9. The van der Waals surface area contributed by atoms with Crippen LogP contribution in [0, 0.1) is 0 Å². The minimum Gasteiger partial charge on any atom is -0.756 e. The molecule has 0 aliphatic heterocycles. The van der Waals surface area contributed by atoms with Crippen LogP contribution >= 0.6 is 7.82 Å². The largest absolute Gasteiger partial charge is 0.756 e. The predicted octanol–water partition coefficient (Wildman–Crippen LogP) is 27.2. The fraction of sp³-hybridized carbons (Fsp3) is 0.837. The van der Waals surface area contributed by atoms with Crippen molar-refractivity contribution in [2.45, 2.75) is 418 Å². The molecule has 0 radical (unpaired) electrons. The highest BCUT2D eigenvalue weighted by atomic mass is 31.2. The number of allylic oxidation sites excluding steroid dienone is 12. The third-order valence-corrected chi connectivity index (χ3v) is 19.7. The van der Waals surface area contributed by atoms with Crippen molar-refractivity contribution < 1.29 is 42.1 Å². The molecule has 0 aromatic rings. The molecule has 0 aliphatic carbocycles. The molecule has 0 N–H and O–H groups in total. The van der Waals surface area contributed by atoms with Crippen LogP contribution in [0.1, 0.15) is 412 Å². The fourth-order valence-corrected chi connectivity index (χ4v) is 13.2. The fourth-order valence-electron chi connectivity index (χ4n) is 12.4. The lowest BCUT2D eigenvalue weighted by atomic mass is 10.0. The summed E-state index contributed by atoms with van der Waals surface area (Å²) in [6.07, 6.45) is 105. The average Bonchev–Trinajstić information content (AvgIpc) is 1.48. The van der Waals surface area contributed by atoms with E-state index >= 15 is 0 Å². The molecule has 0 fully saturated rings.